The fraction of sp³-hybridized carbons (Fsp3) is 0.441. The minimum Gasteiger partial charge on any atom is -0.354 e. The molecule has 1 atom stereocenters. The zero-order chi connectivity index (χ0) is 35.3. The van der Waals surface area contributed by atoms with Gasteiger partial charge in [-0.3, -0.25) is 14.5 Å². The van der Waals surface area contributed by atoms with Crippen molar-refractivity contribution in [1.82, 2.24) is 14.8 Å². The number of aromatic nitrogens is 1. The number of hydrogen-bond acceptors (Lipinski definition) is 5. The molecule has 2 saturated heterocycles. The number of carbonyl (C=O) groups excluding carboxylic acids is 2. The second-order valence-corrected chi connectivity index (χ2v) is 12.9. The minimum atomic E-state index is -5.08. The first-order valence-corrected chi connectivity index (χ1v) is 15.4. The molecular weight excluding hydrogens is 643 g/mol. The maximum absolute atomic E-state index is 14.2. The monoisotopic (exact) mass is 679 g/mol. The number of hydrogen-bond donors (Lipinski definition) is 0. The van der Waals surface area contributed by atoms with Gasteiger partial charge in [0.05, 0.1) is 28.4 Å². The molecule has 7 nitrogen and oxygen atoms in total. The molecule has 0 radical (unpaired) electrons. The van der Waals surface area contributed by atoms with Gasteiger partial charge in [-0.25, -0.2) is 9.37 Å². The summed E-state index contributed by atoms with van der Waals surface area (Å²) in [5.74, 6) is -0.708. The summed E-state index contributed by atoms with van der Waals surface area (Å²) in [6, 6.07) is 7.09. The highest BCUT2D eigenvalue weighted by Crippen LogP contribution is 2.41. The number of fused-ring (bicyclic) bond motifs is 1. The van der Waals surface area contributed by atoms with E-state index in [0.29, 0.717) is 60.8 Å². The lowest BCUT2D eigenvalue weighted by Gasteiger charge is -2.47. The molecule has 5 rings (SSSR count). The average molecular weight is 680 g/mol. The van der Waals surface area contributed by atoms with E-state index in [0.717, 1.165) is 18.0 Å². The number of nitrogens with zero attached hydrogens (tertiary/aromatic N) is 5. The van der Waals surface area contributed by atoms with Crippen LogP contribution in [0.15, 0.2) is 48.7 Å². The number of likely N-dealkylation sites (N-methyl/N-ethyl adjacent to an activating group) is 1. The van der Waals surface area contributed by atoms with Crippen LogP contribution in [0.5, 0.6) is 0 Å². The quantitative estimate of drug-likeness (QED) is 0.288. The van der Waals surface area contributed by atoms with Gasteiger partial charge in [0.15, 0.2) is 0 Å². The number of alkyl halides is 6. The highest BCUT2D eigenvalue weighted by Gasteiger charge is 2.41. The van der Waals surface area contributed by atoms with Crippen LogP contribution >= 0.6 is 0 Å². The van der Waals surface area contributed by atoms with E-state index < -0.39 is 46.2 Å². The summed E-state index contributed by atoms with van der Waals surface area (Å²) in [7, 11) is 1.37. The molecule has 0 aliphatic carbocycles. The molecule has 3 heterocycles. The number of rotatable bonds is 5. The molecule has 2 aromatic carbocycles. The van der Waals surface area contributed by atoms with Crippen LogP contribution in [0, 0.1) is 12.7 Å². The maximum Gasteiger partial charge on any atom is 0.416 e. The van der Waals surface area contributed by atoms with Gasteiger partial charge in [-0.05, 0) is 73.9 Å². The predicted molar refractivity (Wildman–Crippen MR) is 167 cm³/mol. The number of piperazine rings is 2. The van der Waals surface area contributed by atoms with Crippen molar-refractivity contribution in [3.63, 3.8) is 0 Å². The van der Waals surface area contributed by atoms with E-state index in [4.69, 9.17) is 0 Å². The van der Waals surface area contributed by atoms with Crippen LogP contribution in [0.3, 0.4) is 0 Å². The van der Waals surface area contributed by atoms with E-state index in [1.807, 2.05) is 0 Å². The summed E-state index contributed by atoms with van der Waals surface area (Å²) in [4.78, 5) is 38.1. The number of amides is 2. The Balaban J connectivity index is 1.54. The van der Waals surface area contributed by atoms with Crippen LogP contribution in [-0.2, 0) is 27.4 Å². The van der Waals surface area contributed by atoms with Crippen LogP contribution in [0.4, 0.5) is 42.2 Å². The number of benzene rings is 2. The molecule has 258 valence electrons. The van der Waals surface area contributed by atoms with Gasteiger partial charge in [0.1, 0.15) is 11.6 Å². The van der Waals surface area contributed by atoms with Crippen molar-refractivity contribution in [2.24, 2.45) is 0 Å². The van der Waals surface area contributed by atoms with E-state index in [2.05, 4.69) is 14.8 Å². The SMILES string of the molecule is CC(=O)N1CCN2CCN(c3cc(-c4ccc(F)cc4C)c(N(C)C(=O)C(C)(C)c4cc(C(F)(F)F)cc(C(F)(F)F)c4)cn3)C[C@H]2C1. The molecule has 2 fully saturated rings. The lowest BCUT2D eigenvalue weighted by atomic mass is 9.81. The smallest absolute Gasteiger partial charge is 0.354 e. The highest BCUT2D eigenvalue weighted by molar-refractivity contribution is 6.03. The third-order valence-electron chi connectivity index (χ3n) is 9.32. The first kappa shape index (κ1) is 35.1. The fourth-order valence-corrected chi connectivity index (χ4v) is 6.44. The van der Waals surface area contributed by atoms with Gasteiger partial charge in [-0.15, -0.1) is 0 Å². The molecule has 2 amide bonds. The lowest BCUT2D eigenvalue weighted by molar-refractivity contribution is -0.143. The van der Waals surface area contributed by atoms with Crippen molar-refractivity contribution < 1.29 is 40.3 Å². The van der Waals surface area contributed by atoms with Crippen LogP contribution in [-0.4, -0.2) is 79.0 Å². The van der Waals surface area contributed by atoms with Crippen molar-refractivity contribution in [2.75, 3.05) is 56.1 Å². The maximum atomic E-state index is 14.2. The summed E-state index contributed by atoms with van der Waals surface area (Å²) in [5.41, 5.74) is -3.54. The Morgan fingerprint density at radius 2 is 1.44 bits per heavy atom. The molecule has 0 unspecified atom stereocenters. The zero-order valence-corrected chi connectivity index (χ0v) is 27.1. The molecule has 48 heavy (non-hydrogen) atoms. The number of carbonyl (C=O) groups is 2. The minimum absolute atomic E-state index is 0.00119. The zero-order valence-electron chi connectivity index (χ0n) is 27.1. The van der Waals surface area contributed by atoms with Gasteiger partial charge in [0.25, 0.3) is 0 Å². The van der Waals surface area contributed by atoms with Crippen molar-refractivity contribution in [3.05, 3.63) is 76.7 Å². The Morgan fingerprint density at radius 3 is 2.02 bits per heavy atom. The Labute approximate surface area is 273 Å². The highest BCUT2D eigenvalue weighted by atomic mass is 19.4. The van der Waals surface area contributed by atoms with Crippen molar-refractivity contribution in [3.8, 4) is 11.1 Å². The van der Waals surface area contributed by atoms with Crippen LogP contribution in [0.2, 0.25) is 0 Å². The summed E-state index contributed by atoms with van der Waals surface area (Å²) < 4.78 is 96.2. The Morgan fingerprint density at radius 1 is 0.833 bits per heavy atom. The van der Waals surface area contributed by atoms with Crippen molar-refractivity contribution in [2.45, 2.75) is 51.5 Å². The Kier molecular flexibility index (Phi) is 9.28. The Bertz CT molecular complexity index is 1690. The van der Waals surface area contributed by atoms with Crippen LogP contribution < -0.4 is 9.80 Å². The third kappa shape index (κ3) is 6.99. The van der Waals surface area contributed by atoms with E-state index in [1.165, 1.54) is 46.1 Å². The van der Waals surface area contributed by atoms with Gasteiger partial charge in [-0.1, -0.05) is 6.07 Å². The van der Waals surface area contributed by atoms with E-state index in [1.54, 1.807) is 24.0 Å². The van der Waals surface area contributed by atoms with E-state index in [9.17, 15) is 40.3 Å². The molecule has 0 saturated carbocycles. The van der Waals surface area contributed by atoms with Gasteiger partial charge in [0, 0.05) is 64.8 Å². The van der Waals surface area contributed by atoms with Crippen molar-refractivity contribution in [1.29, 1.82) is 0 Å². The number of pyridine rings is 1. The second-order valence-electron chi connectivity index (χ2n) is 12.9. The topological polar surface area (TPSA) is 60.0 Å². The number of anilines is 2. The van der Waals surface area contributed by atoms with Crippen LogP contribution in [0.1, 0.15) is 43.0 Å². The summed E-state index contributed by atoms with van der Waals surface area (Å²) in [5, 5.41) is 0. The molecule has 0 N–H and O–H groups in total. The molecule has 2 aliphatic rings. The molecule has 2 aliphatic heterocycles. The van der Waals surface area contributed by atoms with E-state index in [-0.39, 0.29) is 23.7 Å². The number of halogens is 7. The van der Waals surface area contributed by atoms with Gasteiger partial charge in [0.2, 0.25) is 11.8 Å². The van der Waals surface area contributed by atoms with Gasteiger partial charge < -0.3 is 14.7 Å². The largest absolute Gasteiger partial charge is 0.416 e. The normalized spacial score (nSPS) is 17.7. The summed E-state index contributed by atoms with van der Waals surface area (Å²) in [6.45, 7) is 9.65. The van der Waals surface area contributed by atoms with E-state index >= 15 is 0 Å². The number of aryl methyl sites for hydroxylation is 1. The summed E-state index contributed by atoms with van der Waals surface area (Å²) >= 11 is 0. The van der Waals surface area contributed by atoms with Crippen molar-refractivity contribution >= 4 is 23.3 Å². The third-order valence-corrected chi connectivity index (χ3v) is 9.32. The van der Waals surface area contributed by atoms with Gasteiger partial charge >= 0.3 is 12.4 Å². The molecule has 0 spiro atoms. The molecule has 3 aromatic rings. The predicted octanol–water partition coefficient (Wildman–Crippen LogP) is 6.53. The van der Waals surface area contributed by atoms with Crippen LogP contribution in [0.25, 0.3) is 11.1 Å². The fourth-order valence-electron chi connectivity index (χ4n) is 6.44. The summed E-state index contributed by atoms with van der Waals surface area (Å²) in [6.07, 6.45) is -8.73. The molecule has 14 heteroatoms. The average Bonchev–Trinajstić information content (AvgIpc) is 3.02. The first-order valence-electron chi connectivity index (χ1n) is 15.4. The molecule has 0 bridgehead atoms. The first-order chi connectivity index (χ1) is 22.3. The second kappa shape index (κ2) is 12.7. The van der Waals surface area contributed by atoms with Gasteiger partial charge in [-0.2, -0.15) is 26.3 Å². The molecular formula is C34H36F7N5O2. The lowest BCUT2D eigenvalue weighted by Crippen LogP contribution is -2.62. The molecule has 1 aromatic heterocycles. The standard InChI is InChI=1S/C34H36F7N5O2/c1-20-12-25(35)6-7-27(20)28-16-30(46-11-9-44-8-10-45(21(2)47)18-26(44)19-46)42-17-29(28)43(5)31(48)32(3,4)22-13-23(33(36,37)38)15-24(14-22)34(39,40)41/h6-7,12-17,26H,8-11,18-19H2,1-5H3/t26-/m1/s1. The Hall–Kier alpha value is -4.20.